The Labute approximate surface area is 110 Å². The van der Waals surface area contributed by atoms with Crippen LogP contribution in [-0.4, -0.2) is 23.3 Å². The number of allylic oxidation sites excluding steroid dienone is 1. The third-order valence-electron chi connectivity index (χ3n) is 3.76. The van der Waals surface area contributed by atoms with Crippen LogP contribution < -0.4 is 5.56 Å². The lowest BCUT2D eigenvalue weighted by Crippen LogP contribution is -2.32. The summed E-state index contributed by atoms with van der Waals surface area (Å²) in [7, 11) is 1.68. The number of hydrogen-bond acceptors (Lipinski definition) is 4. The van der Waals surface area contributed by atoms with Crippen molar-refractivity contribution in [3.8, 4) is 0 Å². The molecule has 98 valence electrons. The average molecular weight is 258 g/mol. The molecular weight excluding hydrogens is 244 g/mol. The second-order valence-electron chi connectivity index (χ2n) is 4.86. The summed E-state index contributed by atoms with van der Waals surface area (Å²) in [6, 6.07) is 1.88. The molecule has 1 aromatic rings. The first-order chi connectivity index (χ1) is 9.04. The van der Waals surface area contributed by atoms with Gasteiger partial charge in [0.05, 0.1) is 29.4 Å². The molecule has 0 saturated heterocycles. The first-order valence-corrected chi connectivity index (χ1v) is 6.13. The van der Waals surface area contributed by atoms with Crippen LogP contribution >= 0.6 is 0 Å². The van der Waals surface area contributed by atoms with Gasteiger partial charge in [-0.1, -0.05) is 6.58 Å². The molecule has 2 aliphatic heterocycles. The molecule has 0 bridgehead atoms. The molecule has 5 heteroatoms. The largest absolute Gasteiger partial charge is 0.460 e. The van der Waals surface area contributed by atoms with Gasteiger partial charge < -0.3 is 9.30 Å². The molecular formula is C14H14N2O3. The van der Waals surface area contributed by atoms with E-state index < -0.39 is 5.92 Å². The number of ether oxygens (including phenoxy) is 1. The minimum atomic E-state index is -0.408. The van der Waals surface area contributed by atoms with Crippen molar-refractivity contribution < 1.29 is 9.53 Å². The number of carbonyl (C=O) groups excluding carboxylic acids is 1. The number of rotatable bonds is 0. The van der Waals surface area contributed by atoms with Crippen LogP contribution in [0, 0.1) is 0 Å². The molecule has 0 N–H and O–H groups in total. The van der Waals surface area contributed by atoms with E-state index in [0.717, 1.165) is 22.5 Å². The van der Waals surface area contributed by atoms with Crippen LogP contribution in [0.5, 0.6) is 0 Å². The fourth-order valence-corrected chi connectivity index (χ4v) is 2.71. The topological polar surface area (TPSA) is 60.7 Å². The molecule has 0 spiro atoms. The number of esters is 1. The van der Waals surface area contributed by atoms with Gasteiger partial charge in [-0.05, 0) is 24.1 Å². The van der Waals surface area contributed by atoms with E-state index in [0.29, 0.717) is 12.1 Å². The monoisotopic (exact) mass is 258 g/mol. The Morgan fingerprint density at radius 2 is 2.21 bits per heavy atom. The molecule has 5 nitrogen and oxygen atoms in total. The van der Waals surface area contributed by atoms with Gasteiger partial charge >= 0.3 is 5.97 Å². The first kappa shape index (κ1) is 11.9. The Hall–Kier alpha value is -2.17. The van der Waals surface area contributed by atoms with Crippen LogP contribution in [-0.2, 0) is 22.7 Å². The van der Waals surface area contributed by atoms with E-state index in [2.05, 4.69) is 11.6 Å². The van der Waals surface area contributed by atoms with Gasteiger partial charge in [0.25, 0.3) is 5.56 Å². The van der Waals surface area contributed by atoms with Crippen LogP contribution in [0.2, 0.25) is 0 Å². The average Bonchev–Trinajstić information content (AvgIpc) is 2.71. The van der Waals surface area contributed by atoms with Crippen molar-refractivity contribution in [3.05, 3.63) is 45.4 Å². The maximum absolute atomic E-state index is 12.4. The molecule has 0 aromatic carbocycles. The molecule has 0 radical (unpaired) electrons. The zero-order valence-corrected chi connectivity index (χ0v) is 10.9. The van der Waals surface area contributed by atoms with E-state index in [9.17, 15) is 9.59 Å². The lowest BCUT2D eigenvalue weighted by molar-refractivity contribution is -0.147. The van der Waals surface area contributed by atoms with Gasteiger partial charge in [-0.2, -0.15) is 0 Å². The van der Waals surface area contributed by atoms with Gasteiger partial charge in [-0.3, -0.25) is 14.6 Å². The van der Waals surface area contributed by atoms with E-state index in [4.69, 9.17) is 4.74 Å². The number of carbonyl (C=O) groups is 1. The molecule has 0 aliphatic carbocycles. The Bertz CT molecular complexity index is 697. The summed E-state index contributed by atoms with van der Waals surface area (Å²) in [6.07, 6.45) is 0. The summed E-state index contributed by atoms with van der Waals surface area (Å²) >= 11 is 0. The smallest absolute Gasteiger partial charge is 0.313 e. The minimum Gasteiger partial charge on any atom is -0.460 e. The first-order valence-electron chi connectivity index (χ1n) is 6.13. The Balaban J connectivity index is 2.31. The molecule has 0 fully saturated rings. The summed E-state index contributed by atoms with van der Waals surface area (Å²) in [6.45, 7) is 6.20. The lowest BCUT2D eigenvalue weighted by Gasteiger charge is -2.22. The van der Waals surface area contributed by atoms with Gasteiger partial charge in [0.1, 0.15) is 6.61 Å². The zero-order chi connectivity index (χ0) is 13.7. The van der Waals surface area contributed by atoms with E-state index >= 15 is 0 Å². The summed E-state index contributed by atoms with van der Waals surface area (Å²) in [5, 5.41) is 0. The molecule has 1 aromatic heterocycles. The van der Waals surface area contributed by atoms with Crippen molar-refractivity contribution in [2.24, 2.45) is 4.99 Å². The standard InChI is InChI=1S/C14H14N2O3/c1-7-5-16-11(12(7)15-3)4-9-8(2)14(18)19-6-10(9)13(16)17/h4,8H,1,5-6H2,2-3H3. The van der Waals surface area contributed by atoms with E-state index in [-0.39, 0.29) is 18.1 Å². The number of hydrogen-bond donors (Lipinski definition) is 0. The van der Waals surface area contributed by atoms with Gasteiger partial charge in [0.2, 0.25) is 0 Å². The molecule has 19 heavy (non-hydrogen) atoms. The van der Waals surface area contributed by atoms with Gasteiger partial charge in [-0.15, -0.1) is 0 Å². The Kier molecular flexibility index (Phi) is 2.45. The molecule has 3 heterocycles. The predicted octanol–water partition coefficient (Wildman–Crippen LogP) is 0.997. The summed E-state index contributed by atoms with van der Waals surface area (Å²) in [5.74, 6) is -0.696. The Morgan fingerprint density at radius 1 is 1.47 bits per heavy atom. The highest BCUT2D eigenvalue weighted by Crippen LogP contribution is 2.28. The van der Waals surface area contributed by atoms with E-state index in [1.807, 2.05) is 6.07 Å². The van der Waals surface area contributed by atoms with Gasteiger partial charge in [0.15, 0.2) is 0 Å². The molecule has 1 atom stereocenters. The predicted molar refractivity (Wildman–Crippen MR) is 70.5 cm³/mol. The second kappa shape index (κ2) is 3.91. The zero-order valence-electron chi connectivity index (χ0n) is 10.9. The number of nitrogens with zero attached hydrogens (tertiary/aromatic N) is 2. The minimum absolute atomic E-state index is 0.0582. The van der Waals surface area contributed by atoms with E-state index in [1.54, 1.807) is 18.5 Å². The van der Waals surface area contributed by atoms with Crippen LogP contribution in [0.25, 0.3) is 0 Å². The highest BCUT2D eigenvalue weighted by molar-refractivity contribution is 6.13. The summed E-state index contributed by atoms with van der Waals surface area (Å²) in [4.78, 5) is 28.2. The van der Waals surface area contributed by atoms with Crippen molar-refractivity contribution in [1.29, 1.82) is 0 Å². The van der Waals surface area contributed by atoms with Crippen LogP contribution in [0.4, 0.5) is 0 Å². The highest BCUT2D eigenvalue weighted by atomic mass is 16.5. The maximum Gasteiger partial charge on any atom is 0.313 e. The molecule has 2 aliphatic rings. The fraction of sp³-hybridized carbons (Fsp3) is 0.357. The van der Waals surface area contributed by atoms with Crippen molar-refractivity contribution in [2.45, 2.75) is 26.0 Å². The number of pyridine rings is 1. The quantitative estimate of drug-likeness (QED) is 0.652. The lowest BCUT2D eigenvalue weighted by atomic mass is 9.94. The Morgan fingerprint density at radius 3 is 2.89 bits per heavy atom. The number of aliphatic imine (C=N–C) groups is 1. The van der Waals surface area contributed by atoms with Crippen LogP contribution in [0.3, 0.4) is 0 Å². The third kappa shape index (κ3) is 1.51. The normalized spacial score (nSPS) is 23.3. The summed E-state index contributed by atoms with van der Waals surface area (Å²) in [5.41, 5.74) is 3.53. The van der Waals surface area contributed by atoms with Gasteiger partial charge in [-0.25, -0.2) is 0 Å². The van der Waals surface area contributed by atoms with Crippen molar-refractivity contribution in [1.82, 2.24) is 4.57 Å². The number of cyclic esters (lactones) is 1. The van der Waals surface area contributed by atoms with Crippen LogP contribution in [0.15, 0.2) is 28.0 Å². The van der Waals surface area contributed by atoms with Crippen molar-refractivity contribution in [2.75, 3.05) is 7.05 Å². The van der Waals surface area contributed by atoms with Crippen molar-refractivity contribution >= 4 is 11.7 Å². The molecule has 0 amide bonds. The van der Waals surface area contributed by atoms with Crippen LogP contribution in [0.1, 0.15) is 29.7 Å². The van der Waals surface area contributed by atoms with E-state index in [1.165, 1.54) is 0 Å². The maximum atomic E-state index is 12.4. The second-order valence-corrected chi connectivity index (χ2v) is 4.86. The molecule has 0 saturated carbocycles. The fourth-order valence-electron chi connectivity index (χ4n) is 2.71. The summed E-state index contributed by atoms with van der Waals surface area (Å²) < 4.78 is 6.68. The number of fused-ring (bicyclic) bond motifs is 2. The molecule has 1 unspecified atom stereocenters. The van der Waals surface area contributed by atoms with Crippen molar-refractivity contribution in [3.63, 3.8) is 0 Å². The SMILES string of the molecule is C=C1Cn2c(cc3c(c2=O)COC(=O)C3C)C1=NC. The highest BCUT2D eigenvalue weighted by Gasteiger charge is 2.32. The number of aromatic nitrogens is 1. The molecule has 3 rings (SSSR count). The van der Waals surface area contributed by atoms with Gasteiger partial charge in [0, 0.05) is 7.05 Å². The third-order valence-corrected chi connectivity index (χ3v) is 3.76.